The first kappa shape index (κ1) is 37.1. The zero-order valence-corrected chi connectivity index (χ0v) is 33.8. The first-order valence-electron chi connectivity index (χ1n) is 20.3. The number of nitrogens with zero attached hydrogens (tertiary/aromatic N) is 2. The van der Waals surface area contributed by atoms with E-state index in [9.17, 15) is 0 Å². The molecule has 3 atom stereocenters. The molecule has 0 N–H and O–H groups in total. The molecule has 0 aliphatic heterocycles. The molecule has 0 heterocycles. The number of benzene rings is 5. The van der Waals surface area contributed by atoms with Gasteiger partial charge in [0, 0.05) is 28.7 Å². The maximum absolute atomic E-state index is 2.57. The zero-order valence-electron chi connectivity index (χ0n) is 33.8. The van der Waals surface area contributed by atoms with E-state index in [1.54, 1.807) is 0 Å². The third-order valence-electron chi connectivity index (χ3n) is 11.4. The van der Waals surface area contributed by atoms with Crippen molar-refractivity contribution in [3.63, 3.8) is 0 Å². The fraction of sp³-hybridized carbons (Fsp3) is 0.222. The molecule has 56 heavy (non-hydrogen) atoms. The van der Waals surface area contributed by atoms with Crippen LogP contribution in [0, 0.1) is 27.7 Å². The van der Waals surface area contributed by atoms with Gasteiger partial charge in [0.2, 0.25) is 0 Å². The van der Waals surface area contributed by atoms with E-state index < -0.39 is 0 Å². The zero-order chi connectivity index (χ0) is 38.8. The predicted molar refractivity (Wildman–Crippen MR) is 242 cm³/mol. The van der Waals surface area contributed by atoms with Gasteiger partial charge in [0.15, 0.2) is 0 Å². The molecule has 3 unspecified atom stereocenters. The summed E-state index contributed by atoms with van der Waals surface area (Å²) in [6, 6.07) is 41.7. The second-order valence-corrected chi connectivity index (χ2v) is 16.3. The Bertz CT molecular complexity index is 2400. The Morgan fingerprint density at radius 3 is 1.70 bits per heavy atom. The molecule has 2 heteroatoms. The Kier molecular flexibility index (Phi) is 10.7. The first-order valence-corrected chi connectivity index (χ1v) is 20.3. The van der Waals surface area contributed by atoms with E-state index in [1.165, 1.54) is 84.0 Å². The molecule has 0 fully saturated rings. The summed E-state index contributed by atoms with van der Waals surface area (Å²) in [5, 5.41) is 0. The second kappa shape index (κ2) is 16.1. The van der Waals surface area contributed by atoms with Gasteiger partial charge in [-0.15, -0.1) is 0 Å². The summed E-state index contributed by atoms with van der Waals surface area (Å²) in [6.45, 7) is 13.4. The number of hydrogen-bond acceptors (Lipinski definition) is 2. The van der Waals surface area contributed by atoms with Crippen LogP contribution in [-0.2, 0) is 0 Å². The molecule has 5 aromatic rings. The molecule has 0 bridgehead atoms. The maximum Gasteiger partial charge on any atom is 0.0564 e. The standard InChI is InChI=1S/C54H54N2/c1-37-25-38(2)30-51(29-37)55(49-21-17-45(18-22-49)43-13-9-7-10-14-43)53-33-41(5)27-47(35-53)48-28-42(6)34-54(36-48)56(52-31-39(3)26-40(4)32-52)50-23-19-46(20-24-50)44-15-11-8-12-16-44/h7-15,17-21,23-31,33-36,44,49,52H,16,22,32H2,1-6H3. The third-order valence-corrected chi connectivity index (χ3v) is 11.4. The summed E-state index contributed by atoms with van der Waals surface area (Å²) < 4.78 is 0. The van der Waals surface area contributed by atoms with Gasteiger partial charge in [-0.1, -0.05) is 126 Å². The SMILES string of the molecule is CC1=CC(N(c2ccc(C3C=CC=CC3)cc2)c2cc(C)cc(-c3cc(C)cc(N(c4cc(C)cc(C)c4)C4C=CC(c5ccccc5)=CC4)c3)c2)CC(C)=C1. The Balaban J connectivity index is 1.19. The molecule has 0 aromatic heterocycles. The van der Waals surface area contributed by atoms with E-state index in [2.05, 4.69) is 215 Å². The van der Waals surface area contributed by atoms with Gasteiger partial charge in [-0.25, -0.2) is 0 Å². The van der Waals surface area contributed by atoms with Gasteiger partial charge in [0.1, 0.15) is 0 Å². The molecule has 0 saturated carbocycles. The predicted octanol–water partition coefficient (Wildman–Crippen LogP) is 14.5. The summed E-state index contributed by atoms with van der Waals surface area (Å²) in [5.41, 5.74) is 19.1. The van der Waals surface area contributed by atoms with Crippen molar-refractivity contribution in [1.82, 2.24) is 0 Å². The lowest BCUT2D eigenvalue weighted by Crippen LogP contribution is -2.31. The van der Waals surface area contributed by atoms with Crippen molar-refractivity contribution in [2.24, 2.45) is 0 Å². The minimum Gasteiger partial charge on any atom is -0.334 e. The van der Waals surface area contributed by atoms with Crippen molar-refractivity contribution in [2.75, 3.05) is 9.80 Å². The summed E-state index contributed by atoms with van der Waals surface area (Å²) in [5.74, 6) is 0.430. The van der Waals surface area contributed by atoms with Crippen LogP contribution < -0.4 is 9.80 Å². The smallest absolute Gasteiger partial charge is 0.0564 e. The van der Waals surface area contributed by atoms with Crippen molar-refractivity contribution in [1.29, 1.82) is 0 Å². The number of anilines is 4. The summed E-state index contributed by atoms with van der Waals surface area (Å²) in [6.07, 6.45) is 23.8. The lowest BCUT2D eigenvalue weighted by Gasteiger charge is -2.35. The Hall–Kier alpha value is -5.86. The van der Waals surface area contributed by atoms with Crippen molar-refractivity contribution in [2.45, 2.75) is 78.8 Å². The van der Waals surface area contributed by atoms with Crippen molar-refractivity contribution < 1.29 is 0 Å². The quantitative estimate of drug-likeness (QED) is 0.149. The van der Waals surface area contributed by atoms with Gasteiger partial charge < -0.3 is 9.80 Å². The van der Waals surface area contributed by atoms with Gasteiger partial charge in [0.25, 0.3) is 0 Å². The van der Waals surface area contributed by atoms with Crippen LogP contribution in [0.25, 0.3) is 16.7 Å². The van der Waals surface area contributed by atoms with Crippen LogP contribution in [-0.4, -0.2) is 12.1 Å². The molecule has 2 nitrogen and oxygen atoms in total. The monoisotopic (exact) mass is 730 g/mol. The molecule has 3 aliphatic rings. The highest BCUT2D eigenvalue weighted by Gasteiger charge is 2.25. The van der Waals surface area contributed by atoms with Crippen molar-refractivity contribution in [3.8, 4) is 11.1 Å². The number of aryl methyl sites for hydroxylation is 4. The van der Waals surface area contributed by atoms with Crippen molar-refractivity contribution >= 4 is 28.3 Å². The molecule has 0 spiro atoms. The van der Waals surface area contributed by atoms with Crippen LogP contribution in [0.5, 0.6) is 0 Å². The Morgan fingerprint density at radius 2 is 1.12 bits per heavy atom. The lowest BCUT2D eigenvalue weighted by atomic mass is 9.91. The van der Waals surface area contributed by atoms with Gasteiger partial charge in [-0.2, -0.15) is 0 Å². The van der Waals surface area contributed by atoms with E-state index in [1.807, 2.05) is 0 Å². The second-order valence-electron chi connectivity index (χ2n) is 16.3. The number of hydrogen-bond donors (Lipinski definition) is 0. The lowest BCUT2D eigenvalue weighted by molar-refractivity contribution is 0.749. The van der Waals surface area contributed by atoms with Crippen LogP contribution in [0.1, 0.15) is 72.4 Å². The highest BCUT2D eigenvalue weighted by molar-refractivity contribution is 5.80. The summed E-state index contributed by atoms with van der Waals surface area (Å²) >= 11 is 0. The Labute approximate surface area is 335 Å². The third kappa shape index (κ3) is 8.21. The topological polar surface area (TPSA) is 6.48 Å². The summed E-state index contributed by atoms with van der Waals surface area (Å²) in [4.78, 5) is 5.12. The minimum atomic E-state index is 0.183. The molecule has 0 amide bonds. The fourth-order valence-corrected chi connectivity index (χ4v) is 9.00. The minimum absolute atomic E-state index is 0.183. The van der Waals surface area contributed by atoms with E-state index in [0.717, 1.165) is 19.3 Å². The molecule has 5 aromatic carbocycles. The largest absolute Gasteiger partial charge is 0.334 e. The first-order chi connectivity index (χ1) is 27.2. The molecular weight excluding hydrogens is 677 g/mol. The van der Waals surface area contributed by atoms with Gasteiger partial charge >= 0.3 is 0 Å². The van der Waals surface area contributed by atoms with E-state index in [-0.39, 0.29) is 12.1 Å². The average molecular weight is 731 g/mol. The van der Waals surface area contributed by atoms with E-state index >= 15 is 0 Å². The van der Waals surface area contributed by atoms with Gasteiger partial charge in [0.05, 0.1) is 12.1 Å². The highest BCUT2D eigenvalue weighted by Crippen LogP contribution is 2.40. The molecular formula is C54H54N2. The number of allylic oxidation sites excluding steroid dienone is 8. The van der Waals surface area contributed by atoms with Crippen LogP contribution in [0.15, 0.2) is 175 Å². The molecule has 0 radical (unpaired) electrons. The summed E-state index contributed by atoms with van der Waals surface area (Å²) in [7, 11) is 0. The van der Waals surface area contributed by atoms with Crippen molar-refractivity contribution in [3.05, 3.63) is 208 Å². The number of rotatable bonds is 9. The van der Waals surface area contributed by atoms with Gasteiger partial charge in [-0.3, -0.25) is 0 Å². The highest BCUT2D eigenvalue weighted by atomic mass is 15.2. The molecule has 8 rings (SSSR count). The average Bonchev–Trinajstić information content (AvgIpc) is 3.18. The molecule has 280 valence electrons. The fourth-order valence-electron chi connectivity index (χ4n) is 9.00. The molecule has 0 saturated heterocycles. The van der Waals surface area contributed by atoms with E-state index in [4.69, 9.17) is 0 Å². The van der Waals surface area contributed by atoms with Gasteiger partial charge in [-0.05, 0) is 159 Å². The Morgan fingerprint density at radius 1 is 0.518 bits per heavy atom. The van der Waals surface area contributed by atoms with Crippen LogP contribution in [0.2, 0.25) is 0 Å². The molecule has 3 aliphatic carbocycles. The van der Waals surface area contributed by atoms with E-state index in [0.29, 0.717) is 5.92 Å². The van der Waals surface area contributed by atoms with Crippen LogP contribution in [0.4, 0.5) is 22.7 Å². The normalized spacial score (nSPS) is 19.0. The maximum atomic E-state index is 2.57. The van der Waals surface area contributed by atoms with Crippen LogP contribution >= 0.6 is 0 Å². The van der Waals surface area contributed by atoms with Crippen LogP contribution in [0.3, 0.4) is 0 Å².